The lowest BCUT2D eigenvalue weighted by Gasteiger charge is -2.08. The molecule has 1 aromatic heterocycles. The van der Waals surface area contributed by atoms with Crippen LogP contribution in [-0.4, -0.2) is 22.7 Å². The second-order valence-electron chi connectivity index (χ2n) is 4.61. The maximum Gasteiger partial charge on any atom is 0.0959 e. The lowest BCUT2D eigenvalue weighted by atomic mass is 10.1. The van der Waals surface area contributed by atoms with Crippen molar-refractivity contribution in [3.8, 4) is 0 Å². The van der Waals surface area contributed by atoms with Gasteiger partial charge in [-0.1, -0.05) is 12.8 Å². The van der Waals surface area contributed by atoms with Gasteiger partial charge in [0, 0.05) is 29.6 Å². The molecule has 3 nitrogen and oxygen atoms in total. The third kappa shape index (κ3) is 3.03. The van der Waals surface area contributed by atoms with Gasteiger partial charge in [0.15, 0.2) is 0 Å². The number of aliphatic hydroxyl groups is 1. The number of thiazole rings is 1. The summed E-state index contributed by atoms with van der Waals surface area (Å²) in [5, 5.41) is 13.5. The van der Waals surface area contributed by atoms with E-state index in [1.54, 1.807) is 0 Å². The number of nitrogens with one attached hydrogen (secondary N) is 1. The van der Waals surface area contributed by atoms with Crippen LogP contribution in [-0.2, 0) is 6.54 Å². The Morgan fingerprint density at radius 1 is 1.56 bits per heavy atom. The lowest BCUT2D eigenvalue weighted by Crippen LogP contribution is -2.28. The van der Waals surface area contributed by atoms with Gasteiger partial charge in [-0.15, -0.1) is 11.3 Å². The van der Waals surface area contributed by atoms with E-state index in [1.807, 2.05) is 24.5 Å². The van der Waals surface area contributed by atoms with Crippen LogP contribution in [0.2, 0.25) is 0 Å². The van der Waals surface area contributed by atoms with Crippen molar-refractivity contribution in [3.05, 3.63) is 16.1 Å². The van der Waals surface area contributed by atoms with Gasteiger partial charge in [0.1, 0.15) is 0 Å². The van der Waals surface area contributed by atoms with Crippen LogP contribution in [0.4, 0.5) is 0 Å². The van der Waals surface area contributed by atoms with Gasteiger partial charge in [0.25, 0.3) is 0 Å². The zero-order valence-electron chi connectivity index (χ0n) is 9.78. The van der Waals surface area contributed by atoms with Crippen LogP contribution in [0.3, 0.4) is 0 Å². The van der Waals surface area contributed by atoms with Gasteiger partial charge in [0.05, 0.1) is 11.6 Å². The standard InChI is InChI=1S/C12H20N2OS/c1-9(8-15)13-6-11-7-14-12(16-11)10-4-2-3-5-10/h7,9-10,13,15H,2-6,8H2,1H3. The molecule has 2 N–H and O–H groups in total. The molecule has 1 aliphatic rings. The van der Waals surface area contributed by atoms with Crippen molar-refractivity contribution in [1.29, 1.82) is 0 Å². The molecule has 1 saturated carbocycles. The van der Waals surface area contributed by atoms with Crippen molar-refractivity contribution in [2.24, 2.45) is 0 Å². The molecule has 16 heavy (non-hydrogen) atoms. The highest BCUT2D eigenvalue weighted by Gasteiger charge is 2.19. The molecule has 0 aromatic carbocycles. The van der Waals surface area contributed by atoms with Crippen molar-refractivity contribution in [2.45, 2.75) is 51.1 Å². The summed E-state index contributed by atoms with van der Waals surface area (Å²) >= 11 is 1.83. The molecule has 0 spiro atoms. The molecule has 1 fully saturated rings. The summed E-state index contributed by atoms with van der Waals surface area (Å²) in [5.41, 5.74) is 0. The molecule has 1 unspecified atom stereocenters. The molecule has 0 bridgehead atoms. The summed E-state index contributed by atoms with van der Waals surface area (Å²) in [6.45, 7) is 3.00. The highest BCUT2D eigenvalue weighted by molar-refractivity contribution is 7.11. The van der Waals surface area contributed by atoms with Gasteiger partial charge < -0.3 is 10.4 Å². The van der Waals surface area contributed by atoms with Crippen molar-refractivity contribution in [3.63, 3.8) is 0 Å². The fourth-order valence-electron chi connectivity index (χ4n) is 2.11. The van der Waals surface area contributed by atoms with Gasteiger partial charge in [-0.3, -0.25) is 0 Å². The second kappa shape index (κ2) is 5.75. The van der Waals surface area contributed by atoms with E-state index >= 15 is 0 Å². The molecule has 1 atom stereocenters. The molecule has 1 aromatic rings. The number of rotatable bonds is 5. The highest BCUT2D eigenvalue weighted by Crippen LogP contribution is 2.35. The first-order chi connectivity index (χ1) is 7.79. The Balaban J connectivity index is 1.86. The molecule has 1 aliphatic carbocycles. The Labute approximate surface area is 101 Å². The SMILES string of the molecule is CC(CO)NCc1cnc(C2CCCC2)s1. The van der Waals surface area contributed by atoms with E-state index in [4.69, 9.17) is 5.11 Å². The Hall–Kier alpha value is -0.450. The van der Waals surface area contributed by atoms with Crippen LogP contribution in [0, 0.1) is 0 Å². The van der Waals surface area contributed by atoms with E-state index in [0.29, 0.717) is 5.92 Å². The van der Waals surface area contributed by atoms with Crippen molar-refractivity contribution in [1.82, 2.24) is 10.3 Å². The van der Waals surface area contributed by atoms with E-state index in [-0.39, 0.29) is 12.6 Å². The molecular formula is C12H20N2OS. The first-order valence-electron chi connectivity index (χ1n) is 6.08. The summed E-state index contributed by atoms with van der Waals surface area (Å²) in [5.74, 6) is 0.717. The Bertz CT molecular complexity index is 321. The van der Waals surface area contributed by atoms with E-state index in [2.05, 4.69) is 10.3 Å². The van der Waals surface area contributed by atoms with Crippen LogP contribution >= 0.6 is 11.3 Å². The number of hydrogen-bond acceptors (Lipinski definition) is 4. The zero-order valence-corrected chi connectivity index (χ0v) is 10.6. The second-order valence-corrected chi connectivity index (χ2v) is 5.76. The predicted octanol–water partition coefficient (Wildman–Crippen LogP) is 2.27. The molecule has 90 valence electrons. The first-order valence-corrected chi connectivity index (χ1v) is 6.90. The van der Waals surface area contributed by atoms with Crippen LogP contribution in [0.5, 0.6) is 0 Å². The summed E-state index contributed by atoms with van der Waals surface area (Å²) in [6.07, 6.45) is 7.33. The van der Waals surface area contributed by atoms with Crippen molar-refractivity contribution < 1.29 is 5.11 Å². The molecule has 1 heterocycles. The molecule has 4 heteroatoms. The maximum atomic E-state index is 8.92. The minimum Gasteiger partial charge on any atom is -0.395 e. The summed E-state index contributed by atoms with van der Waals surface area (Å²) < 4.78 is 0. The minimum atomic E-state index is 0.164. The minimum absolute atomic E-state index is 0.164. The molecule has 0 saturated heterocycles. The fraction of sp³-hybridized carbons (Fsp3) is 0.750. The first kappa shape index (κ1) is 12.0. The number of aromatic nitrogens is 1. The van der Waals surface area contributed by atoms with Gasteiger partial charge >= 0.3 is 0 Å². The topological polar surface area (TPSA) is 45.1 Å². The summed E-state index contributed by atoms with van der Waals surface area (Å²) in [4.78, 5) is 5.80. The summed E-state index contributed by atoms with van der Waals surface area (Å²) in [7, 11) is 0. The highest BCUT2D eigenvalue weighted by atomic mass is 32.1. The third-order valence-electron chi connectivity index (χ3n) is 3.17. The van der Waals surface area contributed by atoms with E-state index < -0.39 is 0 Å². The molecule has 0 amide bonds. The van der Waals surface area contributed by atoms with Crippen molar-refractivity contribution >= 4 is 11.3 Å². The Morgan fingerprint density at radius 2 is 2.31 bits per heavy atom. The van der Waals surface area contributed by atoms with Gasteiger partial charge in [-0.2, -0.15) is 0 Å². The molecule has 0 radical (unpaired) electrons. The van der Waals surface area contributed by atoms with Crippen LogP contribution in [0.15, 0.2) is 6.20 Å². The van der Waals surface area contributed by atoms with E-state index in [9.17, 15) is 0 Å². The fourth-order valence-corrected chi connectivity index (χ4v) is 3.14. The zero-order chi connectivity index (χ0) is 11.4. The van der Waals surface area contributed by atoms with Gasteiger partial charge in [-0.05, 0) is 19.8 Å². The third-order valence-corrected chi connectivity index (χ3v) is 4.33. The van der Waals surface area contributed by atoms with Gasteiger partial charge in [0.2, 0.25) is 0 Å². The van der Waals surface area contributed by atoms with Crippen molar-refractivity contribution in [2.75, 3.05) is 6.61 Å². The van der Waals surface area contributed by atoms with Gasteiger partial charge in [-0.25, -0.2) is 4.98 Å². The van der Waals surface area contributed by atoms with Crippen LogP contribution < -0.4 is 5.32 Å². The molecule has 0 aliphatic heterocycles. The van der Waals surface area contributed by atoms with Crippen LogP contribution in [0.25, 0.3) is 0 Å². The Morgan fingerprint density at radius 3 is 3.00 bits per heavy atom. The molecule has 2 rings (SSSR count). The Kier molecular flexibility index (Phi) is 4.32. The average molecular weight is 240 g/mol. The predicted molar refractivity (Wildman–Crippen MR) is 66.7 cm³/mol. The van der Waals surface area contributed by atoms with E-state index in [0.717, 1.165) is 6.54 Å². The molecular weight excluding hydrogens is 220 g/mol. The number of nitrogens with zero attached hydrogens (tertiary/aromatic N) is 1. The maximum absolute atomic E-state index is 8.92. The number of hydrogen-bond donors (Lipinski definition) is 2. The summed E-state index contributed by atoms with van der Waals surface area (Å²) in [6, 6.07) is 0.164. The van der Waals surface area contributed by atoms with E-state index in [1.165, 1.54) is 35.6 Å². The monoisotopic (exact) mass is 240 g/mol. The van der Waals surface area contributed by atoms with Crippen LogP contribution in [0.1, 0.15) is 48.4 Å². The largest absolute Gasteiger partial charge is 0.395 e. The normalized spacial score (nSPS) is 19.1. The number of aliphatic hydroxyl groups excluding tert-OH is 1. The average Bonchev–Trinajstić information content (AvgIpc) is 2.95. The smallest absolute Gasteiger partial charge is 0.0959 e. The quantitative estimate of drug-likeness (QED) is 0.830. The lowest BCUT2D eigenvalue weighted by molar-refractivity contribution is 0.251.